The van der Waals surface area contributed by atoms with Gasteiger partial charge in [-0.2, -0.15) is 0 Å². The maximum absolute atomic E-state index is 11.4. The molecule has 0 aromatic rings. The molecule has 0 N–H and O–H groups in total. The Labute approximate surface area is 101 Å². The highest BCUT2D eigenvalue weighted by Gasteiger charge is 2.11. The molecule has 0 spiro atoms. The Morgan fingerprint density at radius 3 is 2.19 bits per heavy atom. The van der Waals surface area contributed by atoms with Crippen molar-refractivity contribution in [3.05, 3.63) is 11.6 Å². The van der Waals surface area contributed by atoms with Gasteiger partial charge >= 0.3 is 0 Å². The first kappa shape index (κ1) is 15.4. The molecule has 0 radical (unpaired) electrons. The molecule has 1 nitrogen and oxygen atoms in total. The molecule has 0 saturated heterocycles. The van der Waals surface area contributed by atoms with Crippen LogP contribution in [-0.4, -0.2) is 5.78 Å². The lowest BCUT2D eigenvalue weighted by Gasteiger charge is -2.11. The largest absolute Gasteiger partial charge is 0.300 e. The first-order valence-electron chi connectivity index (χ1n) is 6.71. The van der Waals surface area contributed by atoms with Crippen LogP contribution in [0.5, 0.6) is 0 Å². The fourth-order valence-electron chi connectivity index (χ4n) is 1.86. The van der Waals surface area contributed by atoms with Crippen molar-refractivity contribution in [2.45, 2.75) is 72.6 Å². The Balaban J connectivity index is 3.77. The average Bonchev–Trinajstić information content (AvgIpc) is 2.21. The molecule has 0 aliphatic heterocycles. The van der Waals surface area contributed by atoms with E-state index >= 15 is 0 Å². The van der Waals surface area contributed by atoms with E-state index in [1.807, 2.05) is 0 Å². The summed E-state index contributed by atoms with van der Waals surface area (Å²) in [5.74, 6) is 0.615. The van der Waals surface area contributed by atoms with Crippen LogP contribution in [0.3, 0.4) is 0 Å². The Hall–Kier alpha value is -0.590. The molecular weight excluding hydrogens is 196 g/mol. The molecule has 1 heteroatoms. The molecule has 0 aliphatic rings. The molecule has 0 aromatic heterocycles. The summed E-state index contributed by atoms with van der Waals surface area (Å²) in [5.41, 5.74) is 1.32. The minimum Gasteiger partial charge on any atom is -0.300 e. The lowest BCUT2D eigenvalue weighted by Crippen LogP contribution is -2.10. The fourth-order valence-corrected chi connectivity index (χ4v) is 1.86. The number of ketones is 1. The highest BCUT2D eigenvalue weighted by molar-refractivity contribution is 5.78. The Kier molecular flexibility index (Phi) is 9.27. The SMILES string of the molecule is CCCCCCCC(CC=C(C)C)C(C)=O. The summed E-state index contributed by atoms with van der Waals surface area (Å²) in [5, 5.41) is 0. The first-order valence-corrected chi connectivity index (χ1v) is 6.71. The number of Topliss-reactive ketones (excluding diaryl/α,β-unsaturated/α-hetero) is 1. The van der Waals surface area contributed by atoms with Gasteiger partial charge in [0.2, 0.25) is 0 Å². The second-order valence-electron chi connectivity index (χ2n) is 5.03. The van der Waals surface area contributed by atoms with E-state index in [1.54, 1.807) is 6.92 Å². The summed E-state index contributed by atoms with van der Waals surface area (Å²) in [6.45, 7) is 8.15. The Morgan fingerprint density at radius 1 is 1.06 bits per heavy atom. The van der Waals surface area contributed by atoms with Crippen molar-refractivity contribution in [3.63, 3.8) is 0 Å². The van der Waals surface area contributed by atoms with E-state index in [2.05, 4.69) is 26.8 Å². The lowest BCUT2D eigenvalue weighted by atomic mass is 9.93. The highest BCUT2D eigenvalue weighted by atomic mass is 16.1. The van der Waals surface area contributed by atoms with Crippen molar-refractivity contribution in [1.29, 1.82) is 0 Å². The molecule has 0 saturated carbocycles. The van der Waals surface area contributed by atoms with Crippen LogP contribution in [0.2, 0.25) is 0 Å². The third-order valence-electron chi connectivity index (χ3n) is 3.04. The third kappa shape index (κ3) is 8.70. The van der Waals surface area contributed by atoms with E-state index in [9.17, 15) is 4.79 Å². The molecule has 0 fully saturated rings. The second kappa shape index (κ2) is 9.62. The highest BCUT2D eigenvalue weighted by Crippen LogP contribution is 2.17. The normalized spacial score (nSPS) is 12.2. The predicted octanol–water partition coefficient (Wildman–Crippen LogP) is 4.91. The van der Waals surface area contributed by atoms with E-state index in [0.29, 0.717) is 5.78 Å². The van der Waals surface area contributed by atoms with E-state index in [4.69, 9.17) is 0 Å². The number of carbonyl (C=O) groups excluding carboxylic acids is 1. The first-order chi connectivity index (χ1) is 7.57. The molecule has 94 valence electrons. The minimum absolute atomic E-state index is 0.261. The zero-order valence-corrected chi connectivity index (χ0v) is 11.5. The topological polar surface area (TPSA) is 17.1 Å². The van der Waals surface area contributed by atoms with Crippen molar-refractivity contribution < 1.29 is 4.79 Å². The van der Waals surface area contributed by atoms with Crippen LogP contribution >= 0.6 is 0 Å². The molecule has 0 aliphatic carbocycles. The summed E-state index contributed by atoms with van der Waals surface area (Å²) in [6.07, 6.45) is 10.6. The van der Waals surface area contributed by atoms with Gasteiger partial charge in [0.15, 0.2) is 0 Å². The van der Waals surface area contributed by atoms with Crippen molar-refractivity contribution in [2.75, 3.05) is 0 Å². The van der Waals surface area contributed by atoms with Gasteiger partial charge in [0.25, 0.3) is 0 Å². The van der Waals surface area contributed by atoms with E-state index in [-0.39, 0.29) is 5.92 Å². The van der Waals surface area contributed by atoms with Gasteiger partial charge in [-0.15, -0.1) is 0 Å². The zero-order chi connectivity index (χ0) is 12.4. The maximum atomic E-state index is 11.4. The van der Waals surface area contributed by atoms with Crippen LogP contribution in [0.4, 0.5) is 0 Å². The smallest absolute Gasteiger partial charge is 0.133 e. The molecule has 0 rings (SSSR count). The van der Waals surface area contributed by atoms with Crippen LogP contribution < -0.4 is 0 Å². The molecular formula is C15H28O. The van der Waals surface area contributed by atoms with Crippen LogP contribution in [0.15, 0.2) is 11.6 Å². The van der Waals surface area contributed by atoms with Gasteiger partial charge in [0.05, 0.1) is 0 Å². The van der Waals surface area contributed by atoms with Gasteiger partial charge < -0.3 is 0 Å². The second-order valence-corrected chi connectivity index (χ2v) is 5.03. The van der Waals surface area contributed by atoms with Gasteiger partial charge in [-0.05, 0) is 33.6 Å². The minimum atomic E-state index is 0.261. The van der Waals surface area contributed by atoms with Crippen molar-refractivity contribution in [3.8, 4) is 0 Å². The van der Waals surface area contributed by atoms with Crippen molar-refractivity contribution in [2.24, 2.45) is 5.92 Å². The van der Waals surface area contributed by atoms with Crippen molar-refractivity contribution in [1.82, 2.24) is 0 Å². The predicted molar refractivity (Wildman–Crippen MR) is 71.6 cm³/mol. The Bertz CT molecular complexity index is 211. The molecule has 1 unspecified atom stereocenters. The number of hydrogen-bond acceptors (Lipinski definition) is 1. The standard InChI is InChI=1S/C15H28O/c1-5-6-7-8-9-10-15(14(4)16)12-11-13(2)3/h11,15H,5-10,12H2,1-4H3. The molecule has 0 heterocycles. The molecule has 1 atom stereocenters. The summed E-state index contributed by atoms with van der Waals surface area (Å²) in [7, 11) is 0. The van der Waals surface area contributed by atoms with Gasteiger partial charge in [-0.1, -0.05) is 50.7 Å². The van der Waals surface area contributed by atoms with E-state index in [1.165, 1.54) is 37.7 Å². The fraction of sp³-hybridized carbons (Fsp3) is 0.800. The molecule has 0 amide bonds. The van der Waals surface area contributed by atoms with Crippen LogP contribution in [-0.2, 0) is 4.79 Å². The van der Waals surface area contributed by atoms with Crippen LogP contribution in [0, 0.1) is 5.92 Å². The zero-order valence-electron chi connectivity index (χ0n) is 11.5. The summed E-state index contributed by atoms with van der Waals surface area (Å²) in [4.78, 5) is 11.4. The molecule has 0 aromatic carbocycles. The lowest BCUT2D eigenvalue weighted by molar-refractivity contribution is -0.120. The van der Waals surface area contributed by atoms with Crippen LogP contribution in [0.25, 0.3) is 0 Å². The monoisotopic (exact) mass is 224 g/mol. The van der Waals surface area contributed by atoms with Gasteiger partial charge in [-0.25, -0.2) is 0 Å². The number of hydrogen-bond donors (Lipinski definition) is 0. The van der Waals surface area contributed by atoms with Gasteiger partial charge in [-0.3, -0.25) is 4.79 Å². The van der Waals surface area contributed by atoms with E-state index in [0.717, 1.165) is 12.8 Å². The molecule has 16 heavy (non-hydrogen) atoms. The summed E-state index contributed by atoms with van der Waals surface area (Å²) >= 11 is 0. The number of carbonyl (C=O) groups is 1. The molecule has 0 bridgehead atoms. The van der Waals surface area contributed by atoms with Gasteiger partial charge in [0.1, 0.15) is 5.78 Å². The average molecular weight is 224 g/mol. The number of allylic oxidation sites excluding steroid dienone is 2. The summed E-state index contributed by atoms with van der Waals surface area (Å²) in [6, 6.07) is 0. The summed E-state index contributed by atoms with van der Waals surface area (Å²) < 4.78 is 0. The van der Waals surface area contributed by atoms with E-state index < -0.39 is 0 Å². The van der Waals surface area contributed by atoms with Crippen molar-refractivity contribution >= 4 is 5.78 Å². The Morgan fingerprint density at radius 2 is 1.69 bits per heavy atom. The van der Waals surface area contributed by atoms with Crippen LogP contribution in [0.1, 0.15) is 72.6 Å². The third-order valence-corrected chi connectivity index (χ3v) is 3.04. The number of unbranched alkanes of at least 4 members (excludes halogenated alkanes) is 4. The number of rotatable bonds is 9. The van der Waals surface area contributed by atoms with Gasteiger partial charge in [0, 0.05) is 5.92 Å². The quantitative estimate of drug-likeness (QED) is 0.402. The maximum Gasteiger partial charge on any atom is 0.133 e.